The first kappa shape index (κ1) is 17.9. The zero-order valence-electron chi connectivity index (χ0n) is 14.4. The quantitative estimate of drug-likeness (QED) is 0.657. The monoisotopic (exact) mass is 371 g/mol. The predicted molar refractivity (Wildman–Crippen MR) is 104 cm³/mol. The van der Waals surface area contributed by atoms with Crippen LogP contribution in [-0.2, 0) is 0 Å². The van der Waals surface area contributed by atoms with Gasteiger partial charge in [-0.3, -0.25) is 0 Å². The molecule has 3 aromatic rings. The van der Waals surface area contributed by atoms with Crippen LogP contribution in [0.25, 0.3) is 20.8 Å². The van der Waals surface area contributed by atoms with Crippen molar-refractivity contribution in [1.82, 2.24) is 4.98 Å². The van der Waals surface area contributed by atoms with Gasteiger partial charge in [0.1, 0.15) is 34.7 Å². The molecule has 0 aliphatic carbocycles. The minimum Gasteiger partial charge on any atom is -0.494 e. The molecule has 7 heteroatoms. The lowest BCUT2D eigenvalue weighted by Gasteiger charge is -2.05. The highest BCUT2D eigenvalue weighted by atomic mass is 32.1. The Morgan fingerprint density at radius 1 is 1.07 bits per heavy atom. The molecule has 0 fully saturated rings. The van der Waals surface area contributed by atoms with Crippen molar-refractivity contribution in [3.63, 3.8) is 0 Å². The number of benzene rings is 2. The van der Waals surface area contributed by atoms with E-state index in [2.05, 4.69) is 10.3 Å². The van der Waals surface area contributed by atoms with Crippen LogP contribution in [0, 0.1) is 34.0 Å². The number of allylic oxidation sites excluding steroid dienone is 2. The zero-order chi connectivity index (χ0) is 19.2. The second-order valence-corrected chi connectivity index (χ2v) is 6.40. The molecule has 0 saturated heterocycles. The molecule has 0 aliphatic rings. The summed E-state index contributed by atoms with van der Waals surface area (Å²) in [5, 5.41) is 30.5. The number of aromatic nitrogens is 1. The normalized spacial score (nSPS) is 9.70. The van der Waals surface area contributed by atoms with Crippen LogP contribution in [0.5, 0.6) is 5.75 Å². The number of hydrogen-bond donors (Lipinski definition) is 1. The second-order valence-electron chi connectivity index (χ2n) is 5.37. The molecule has 0 atom stereocenters. The third kappa shape index (κ3) is 3.88. The molecule has 0 amide bonds. The molecule has 0 spiro atoms. The number of ether oxygens (including phenoxy) is 1. The summed E-state index contributed by atoms with van der Waals surface area (Å²) in [6.45, 7) is 2.56. The Bertz CT molecular complexity index is 1120. The Kier molecular flexibility index (Phi) is 5.33. The molecule has 0 radical (unpaired) electrons. The highest BCUT2D eigenvalue weighted by Crippen LogP contribution is 2.33. The number of nitrogens with zero attached hydrogens (tertiary/aromatic N) is 4. The lowest BCUT2D eigenvalue weighted by molar-refractivity contribution is 0.341. The number of fused-ring (bicyclic) bond motifs is 1. The molecule has 3 rings (SSSR count). The largest absolute Gasteiger partial charge is 0.494 e. The van der Waals surface area contributed by atoms with Gasteiger partial charge in [0.05, 0.1) is 16.8 Å². The van der Waals surface area contributed by atoms with Crippen LogP contribution in [0.2, 0.25) is 0 Å². The van der Waals surface area contributed by atoms with Gasteiger partial charge >= 0.3 is 0 Å². The number of anilines is 1. The second kappa shape index (κ2) is 8.01. The summed E-state index contributed by atoms with van der Waals surface area (Å²) in [5.74, 6) is 0.821. The lowest BCUT2D eigenvalue weighted by Crippen LogP contribution is -2.00. The first-order chi connectivity index (χ1) is 13.2. The summed E-state index contributed by atoms with van der Waals surface area (Å²) < 4.78 is 6.57. The maximum absolute atomic E-state index is 9.10. The number of nitrogens with one attached hydrogen (secondary N) is 1. The molecular formula is C20H13N5OS. The highest BCUT2D eigenvalue weighted by Gasteiger charge is 2.09. The van der Waals surface area contributed by atoms with Gasteiger partial charge in [0.2, 0.25) is 0 Å². The van der Waals surface area contributed by atoms with E-state index in [9.17, 15) is 0 Å². The van der Waals surface area contributed by atoms with Crippen LogP contribution in [0.1, 0.15) is 6.92 Å². The summed E-state index contributed by atoms with van der Waals surface area (Å²) >= 11 is 1.57. The van der Waals surface area contributed by atoms with E-state index in [4.69, 9.17) is 20.5 Å². The number of thiazole rings is 1. The summed E-state index contributed by atoms with van der Waals surface area (Å²) in [6.07, 6.45) is 0. The molecule has 1 N–H and O–H groups in total. The van der Waals surface area contributed by atoms with Crippen molar-refractivity contribution in [2.45, 2.75) is 6.92 Å². The third-order valence-electron chi connectivity index (χ3n) is 3.66. The van der Waals surface area contributed by atoms with E-state index < -0.39 is 0 Å². The zero-order valence-corrected chi connectivity index (χ0v) is 15.2. The number of rotatable bonds is 5. The molecule has 0 saturated carbocycles. The third-order valence-corrected chi connectivity index (χ3v) is 4.72. The van der Waals surface area contributed by atoms with E-state index in [0.29, 0.717) is 12.3 Å². The molecule has 0 unspecified atom stereocenters. The van der Waals surface area contributed by atoms with E-state index >= 15 is 0 Å². The Morgan fingerprint density at radius 2 is 1.81 bits per heavy atom. The summed E-state index contributed by atoms with van der Waals surface area (Å²) in [5.41, 5.74) is 2.12. The van der Waals surface area contributed by atoms with E-state index in [0.717, 1.165) is 26.5 Å². The maximum Gasteiger partial charge on any atom is 0.163 e. The first-order valence-corrected chi connectivity index (χ1v) is 8.85. The summed E-state index contributed by atoms with van der Waals surface area (Å²) in [4.78, 5) is 4.64. The molecular weight excluding hydrogens is 358 g/mol. The van der Waals surface area contributed by atoms with Crippen molar-refractivity contribution in [3.8, 4) is 34.5 Å². The fourth-order valence-electron chi connectivity index (χ4n) is 2.41. The number of hydrogen-bond acceptors (Lipinski definition) is 7. The van der Waals surface area contributed by atoms with E-state index in [-0.39, 0.29) is 11.3 Å². The van der Waals surface area contributed by atoms with Gasteiger partial charge in [-0.1, -0.05) is 0 Å². The van der Waals surface area contributed by atoms with Gasteiger partial charge in [0.15, 0.2) is 5.57 Å². The van der Waals surface area contributed by atoms with Crippen molar-refractivity contribution in [2.24, 2.45) is 0 Å². The minimum absolute atomic E-state index is 0.0730. The SMILES string of the molecule is CCOc1ccc2nc(-c3ccc(NC(C#N)=C(C#N)C#N)cc3)sc2c1. The van der Waals surface area contributed by atoms with Gasteiger partial charge in [-0.05, 0) is 49.4 Å². The maximum atomic E-state index is 9.10. The molecule has 0 aliphatic heterocycles. The predicted octanol–water partition coefficient (Wildman–Crippen LogP) is 4.60. The average molecular weight is 371 g/mol. The smallest absolute Gasteiger partial charge is 0.163 e. The van der Waals surface area contributed by atoms with Crippen molar-refractivity contribution in [1.29, 1.82) is 15.8 Å². The molecule has 2 aromatic carbocycles. The van der Waals surface area contributed by atoms with Gasteiger partial charge in [-0.2, -0.15) is 15.8 Å². The van der Waals surface area contributed by atoms with Gasteiger partial charge < -0.3 is 10.1 Å². The van der Waals surface area contributed by atoms with Crippen LogP contribution in [-0.4, -0.2) is 11.6 Å². The molecule has 1 heterocycles. The first-order valence-electron chi connectivity index (χ1n) is 8.04. The van der Waals surface area contributed by atoms with Crippen LogP contribution in [0.15, 0.2) is 53.7 Å². The number of nitriles is 3. The van der Waals surface area contributed by atoms with Gasteiger partial charge in [0, 0.05) is 11.3 Å². The van der Waals surface area contributed by atoms with E-state index in [1.54, 1.807) is 35.6 Å². The lowest BCUT2D eigenvalue weighted by atomic mass is 10.2. The van der Waals surface area contributed by atoms with Crippen LogP contribution >= 0.6 is 11.3 Å². The van der Waals surface area contributed by atoms with E-state index in [1.807, 2.05) is 43.3 Å². The molecule has 130 valence electrons. The van der Waals surface area contributed by atoms with Gasteiger partial charge in [-0.15, -0.1) is 11.3 Å². The summed E-state index contributed by atoms with van der Waals surface area (Å²) in [7, 11) is 0. The molecule has 1 aromatic heterocycles. The van der Waals surface area contributed by atoms with Crippen molar-refractivity contribution in [3.05, 3.63) is 53.7 Å². The average Bonchev–Trinajstić information content (AvgIpc) is 3.12. The Morgan fingerprint density at radius 3 is 2.44 bits per heavy atom. The Balaban J connectivity index is 1.87. The van der Waals surface area contributed by atoms with Crippen LogP contribution in [0.3, 0.4) is 0 Å². The fourth-order valence-corrected chi connectivity index (χ4v) is 3.41. The van der Waals surface area contributed by atoms with Gasteiger partial charge in [0.25, 0.3) is 0 Å². The summed E-state index contributed by atoms with van der Waals surface area (Å²) in [6, 6.07) is 18.3. The topological polar surface area (TPSA) is 106 Å². The van der Waals surface area contributed by atoms with Crippen molar-refractivity contribution >= 4 is 27.2 Å². The fraction of sp³-hybridized carbons (Fsp3) is 0.100. The molecule has 0 bridgehead atoms. The van der Waals surface area contributed by atoms with Crippen molar-refractivity contribution in [2.75, 3.05) is 11.9 Å². The Labute approximate surface area is 160 Å². The van der Waals surface area contributed by atoms with Crippen LogP contribution < -0.4 is 10.1 Å². The standard InChI is InChI=1S/C20H13N5OS/c1-2-26-16-7-8-17-19(9-16)27-20(25-17)13-3-5-15(6-4-13)24-18(12-23)14(10-21)11-22/h3-9,24H,2H2,1H3. The van der Waals surface area contributed by atoms with Crippen molar-refractivity contribution < 1.29 is 4.74 Å². The van der Waals surface area contributed by atoms with Crippen LogP contribution in [0.4, 0.5) is 5.69 Å². The molecule has 6 nitrogen and oxygen atoms in total. The minimum atomic E-state index is -0.252. The van der Waals surface area contributed by atoms with Gasteiger partial charge in [-0.25, -0.2) is 4.98 Å². The Hall–Kier alpha value is -3.86. The molecule has 27 heavy (non-hydrogen) atoms. The highest BCUT2D eigenvalue weighted by molar-refractivity contribution is 7.21. The van der Waals surface area contributed by atoms with E-state index in [1.165, 1.54) is 0 Å².